The summed E-state index contributed by atoms with van der Waals surface area (Å²) in [7, 11) is 2.06. The van der Waals surface area contributed by atoms with Gasteiger partial charge in [0.2, 0.25) is 0 Å². The van der Waals surface area contributed by atoms with Gasteiger partial charge in [-0.1, -0.05) is 27.7 Å². The Kier molecular flexibility index (Phi) is 5.15. The van der Waals surface area contributed by atoms with E-state index in [2.05, 4.69) is 45.0 Å². The molecule has 0 heterocycles. The van der Waals surface area contributed by atoms with Crippen molar-refractivity contribution < 1.29 is 4.39 Å². The topological polar surface area (TPSA) is 15.3 Å². The van der Waals surface area contributed by atoms with Gasteiger partial charge in [0, 0.05) is 25.8 Å². The summed E-state index contributed by atoms with van der Waals surface area (Å²) in [6.45, 7) is 11.2. The fourth-order valence-electron chi connectivity index (χ4n) is 2.12. The largest absolute Gasteiger partial charge is 0.374 e. The van der Waals surface area contributed by atoms with Crippen LogP contribution in [0.5, 0.6) is 0 Å². The molecule has 0 aromatic heterocycles. The molecule has 0 fully saturated rings. The van der Waals surface area contributed by atoms with Gasteiger partial charge in [0.25, 0.3) is 0 Å². The van der Waals surface area contributed by atoms with Crippen molar-refractivity contribution in [2.24, 2.45) is 5.41 Å². The standard InChI is InChI=1S/C15H25FN2/c1-6-17-10-12-9-13(16)7-8-14(12)18(5)11-15(2,3)4/h7-9,17H,6,10-11H2,1-5H3. The van der Waals surface area contributed by atoms with Gasteiger partial charge in [-0.3, -0.25) is 0 Å². The van der Waals surface area contributed by atoms with Crippen LogP contribution in [0.3, 0.4) is 0 Å². The summed E-state index contributed by atoms with van der Waals surface area (Å²) in [5.41, 5.74) is 2.34. The summed E-state index contributed by atoms with van der Waals surface area (Å²) >= 11 is 0. The van der Waals surface area contributed by atoms with Gasteiger partial charge in [0.1, 0.15) is 5.82 Å². The Morgan fingerprint density at radius 3 is 2.50 bits per heavy atom. The first-order chi connectivity index (χ1) is 8.33. The first kappa shape index (κ1) is 15.0. The van der Waals surface area contributed by atoms with Gasteiger partial charge in [-0.25, -0.2) is 4.39 Å². The maximum atomic E-state index is 13.3. The minimum absolute atomic E-state index is 0.171. The van der Waals surface area contributed by atoms with Crippen molar-refractivity contribution in [1.82, 2.24) is 5.32 Å². The van der Waals surface area contributed by atoms with E-state index in [1.807, 2.05) is 6.07 Å². The highest BCUT2D eigenvalue weighted by atomic mass is 19.1. The molecule has 0 saturated carbocycles. The lowest BCUT2D eigenvalue weighted by Crippen LogP contribution is -2.30. The summed E-state index contributed by atoms with van der Waals surface area (Å²) in [5.74, 6) is -0.171. The smallest absolute Gasteiger partial charge is 0.123 e. The third kappa shape index (κ3) is 4.65. The molecule has 102 valence electrons. The van der Waals surface area contributed by atoms with E-state index in [4.69, 9.17) is 0 Å². The highest BCUT2D eigenvalue weighted by molar-refractivity contribution is 5.53. The van der Waals surface area contributed by atoms with Crippen LogP contribution in [0.1, 0.15) is 33.3 Å². The molecular formula is C15H25FN2. The Labute approximate surface area is 110 Å². The van der Waals surface area contributed by atoms with Crippen LogP contribution in [0.25, 0.3) is 0 Å². The molecule has 0 amide bonds. The maximum absolute atomic E-state index is 13.3. The third-order valence-electron chi connectivity index (χ3n) is 2.73. The number of anilines is 1. The molecule has 0 atom stereocenters. The third-order valence-corrected chi connectivity index (χ3v) is 2.73. The van der Waals surface area contributed by atoms with Crippen LogP contribution in [-0.2, 0) is 6.54 Å². The molecule has 0 saturated heterocycles. The number of rotatable bonds is 5. The number of nitrogens with zero attached hydrogens (tertiary/aromatic N) is 1. The monoisotopic (exact) mass is 252 g/mol. The van der Waals surface area contributed by atoms with Gasteiger partial charge in [-0.05, 0) is 35.7 Å². The zero-order valence-corrected chi connectivity index (χ0v) is 12.2. The molecule has 0 aliphatic rings. The van der Waals surface area contributed by atoms with Crippen molar-refractivity contribution in [3.63, 3.8) is 0 Å². The lowest BCUT2D eigenvalue weighted by atomic mass is 9.95. The zero-order valence-electron chi connectivity index (χ0n) is 12.2. The second-order valence-electron chi connectivity index (χ2n) is 5.97. The number of halogens is 1. The van der Waals surface area contributed by atoms with Crippen molar-refractivity contribution in [2.45, 2.75) is 34.2 Å². The normalized spacial score (nSPS) is 11.7. The predicted molar refractivity (Wildman–Crippen MR) is 76.5 cm³/mol. The molecule has 0 spiro atoms. The van der Waals surface area contributed by atoms with Gasteiger partial charge >= 0.3 is 0 Å². The van der Waals surface area contributed by atoms with Crippen molar-refractivity contribution in [3.05, 3.63) is 29.6 Å². The molecule has 0 aliphatic heterocycles. The number of nitrogens with one attached hydrogen (secondary N) is 1. The Morgan fingerprint density at radius 2 is 1.94 bits per heavy atom. The lowest BCUT2D eigenvalue weighted by Gasteiger charge is -2.30. The van der Waals surface area contributed by atoms with E-state index in [-0.39, 0.29) is 11.2 Å². The average Bonchev–Trinajstić information content (AvgIpc) is 2.23. The molecule has 1 N–H and O–H groups in total. The van der Waals surface area contributed by atoms with E-state index < -0.39 is 0 Å². The number of hydrogen-bond acceptors (Lipinski definition) is 2. The minimum atomic E-state index is -0.171. The zero-order chi connectivity index (χ0) is 13.8. The maximum Gasteiger partial charge on any atom is 0.123 e. The van der Waals surface area contributed by atoms with Gasteiger partial charge in [-0.15, -0.1) is 0 Å². The Balaban J connectivity index is 2.92. The molecule has 18 heavy (non-hydrogen) atoms. The first-order valence-corrected chi connectivity index (χ1v) is 6.54. The van der Waals surface area contributed by atoms with E-state index in [1.165, 1.54) is 6.07 Å². The van der Waals surface area contributed by atoms with Crippen LogP contribution in [0.2, 0.25) is 0 Å². The molecule has 1 aromatic rings. The minimum Gasteiger partial charge on any atom is -0.374 e. The van der Waals surface area contributed by atoms with E-state index >= 15 is 0 Å². The van der Waals surface area contributed by atoms with Crippen molar-refractivity contribution >= 4 is 5.69 Å². The highest BCUT2D eigenvalue weighted by Crippen LogP contribution is 2.24. The van der Waals surface area contributed by atoms with Crippen molar-refractivity contribution in [3.8, 4) is 0 Å². The quantitative estimate of drug-likeness (QED) is 0.864. The summed E-state index contributed by atoms with van der Waals surface area (Å²) in [5, 5.41) is 3.26. The lowest BCUT2D eigenvalue weighted by molar-refractivity contribution is 0.418. The predicted octanol–water partition coefficient (Wildman–Crippen LogP) is 3.42. The molecule has 0 radical (unpaired) electrons. The fourth-order valence-corrected chi connectivity index (χ4v) is 2.12. The number of benzene rings is 1. The summed E-state index contributed by atoms with van der Waals surface area (Å²) in [6, 6.07) is 5.02. The molecule has 3 heteroatoms. The van der Waals surface area contributed by atoms with Gasteiger partial charge in [0.15, 0.2) is 0 Å². The highest BCUT2D eigenvalue weighted by Gasteiger charge is 2.16. The summed E-state index contributed by atoms with van der Waals surface area (Å²) < 4.78 is 13.3. The Bertz CT molecular complexity index is 383. The van der Waals surface area contributed by atoms with Crippen LogP contribution >= 0.6 is 0 Å². The van der Waals surface area contributed by atoms with Crippen LogP contribution in [0.4, 0.5) is 10.1 Å². The van der Waals surface area contributed by atoms with Gasteiger partial charge in [0.05, 0.1) is 0 Å². The fraction of sp³-hybridized carbons (Fsp3) is 0.600. The number of hydrogen-bond donors (Lipinski definition) is 1. The Hall–Kier alpha value is -1.09. The molecule has 2 nitrogen and oxygen atoms in total. The van der Waals surface area contributed by atoms with Gasteiger partial charge < -0.3 is 10.2 Å². The SMILES string of the molecule is CCNCc1cc(F)ccc1N(C)CC(C)(C)C. The van der Waals surface area contributed by atoms with E-state index in [0.717, 1.165) is 24.3 Å². The van der Waals surface area contributed by atoms with Crippen molar-refractivity contribution in [1.29, 1.82) is 0 Å². The first-order valence-electron chi connectivity index (χ1n) is 6.54. The van der Waals surface area contributed by atoms with E-state index in [1.54, 1.807) is 6.07 Å². The molecule has 1 rings (SSSR count). The second kappa shape index (κ2) is 6.19. The molecule has 0 unspecified atom stereocenters. The molecule has 0 bridgehead atoms. The second-order valence-corrected chi connectivity index (χ2v) is 5.97. The summed E-state index contributed by atoms with van der Waals surface area (Å²) in [6.07, 6.45) is 0. The molecular weight excluding hydrogens is 227 g/mol. The van der Waals surface area contributed by atoms with Crippen LogP contribution in [-0.4, -0.2) is 20.1 Å². The van der Waals surface area contributed by atoms with Crippen LogP contribution in [0.15, 0.2) is 18.2 Å². The average molecular weight is 252 g/mol. The molecule has 1 aromatic carbocycles. The Morgan fingerprint density at radius 1 is 1.28 bits per heavy atom. The van der Waals surface area contributed by atoms with E-state index in [0.29, 0.717) is 6.54 Å². The van der Waals surface area contributed by atoms with Crippen LogP contribution < -0.4 is 10.2 Å². The van der Waals surface area contributed by atoms with E-state index in [9.17, 15) is 4.39 Å². The van der Waals surface area contributed by atoms with Gasteiger partial charge in [-0.2, -0.15) is 0 Å². The van der Waals surface area contributed by atoms with Crippen molar-refractivity contribution in [2.75, 3.05) is 25.0 Å². The summed E-state index contributed by atoms with van der Waals surface area (Å²) in [4.78, 5) is 2.20. The molecule has 0 aliphatic carbocycles. The van der Waals surface area contributed by atoms with Crippen LogP contribution in [0, 0.1) is 11.2 Å².